The van der Waals surface area contributed by atoms with Crippen molar-refractivity contribution in [3.63, 3.8) is 0 Å². The fraction of sp³-hybridized carbons (Fsp3) is 0.417. The van der Waals surface area contributed by atoms with E-state index >= 15 is 0 Å². The molecule has 0 aromatic heterocycles. The first-order valence-corrected chi connectivity index (χ1v) is 6.00. The van der Waals surface area contributed by atoms with Gasteiger partial charge in [0.2, 0.25) is 0 Å². The number of nitro groups is 1. The van der Waals surface area contributed by atoms with Crippen LogP contribution in [0, 0.1) is 10.1 Å². The number of halogens is 3. The highest BCUT2D eigenvalue weighted by molar-refractivity contribution is 5.91. The Morgan fingerprint density at radius 2 is 1.95 bits per heavy atom. The summed E-state index contributed by atoms with van der Waals surface area (Å²) in [6.07, 6.45) is -6.33. The van der Waals surface area contributed by atoms with Crippen LogP contribution >= 0.6 is 0 Å². The molecule has 0 heterocycles. The van der Waals surface area contributed by atoms with Crippen LogP contribution in [0.1, 0.15) is 19.4 Å². The van der Waals surface area contributed by atoms with Crippen molar-refractivity contribution >= 4 is 17.5 Å². The van der Waals surface area contributed by atoms with E-state index in [2.05, 4.69) is 0 Å². The highest BCUT2D eigenvalue weighted by Gasteiger charge is 2.38. The summed E-state index contributed by atoms with van der Waals surface area (Å²) >= 11 is 0. The van der Waals surface area contributed by atoms with Crippen LogP contribution in [0.2, 0.25) is 0 Å². The third kappa shape index (κ3) is 3.45. The molecule has 122 valence electrons. The van der Waals surface area contributed by atoms with E-state index in [1.165, 1.54) is 13.8 Å². The van der Waals surface area contributed by atoms with E-state index in [0.29, 0.717) is 17.0 Å². The van der Waals surface area contributed by atoms with Crippen molar-refractivity contribution in [2.75, 3.05) is 11.4 Å². The van der Waals surface area contributed by atoms with Crippen LogP contribution in [0.15, 0.2) is 18.2 Å². The van der Waals surface area contributed by atoms with Crippen LogP contribution < -0.4 is 10.6 Å². The summed E-state index contributed by atoms with van der Waals surface area (Å²) in [5.41, 5.74) is 1.55. The molecule has 0 aliphatic carbocycles. The number of rotatable bonds is 4. The van der Waals surface area contributed by atoms with Crippen molar-refractivity contribution in [3.05, 3.63) is 33.9 Å². The second kappa shape index (κ2) is 5.79. The number of carboxylic acid groups (broad SMARTS) is 1. The zero-order valence-corrected chi connectivity index (χ0v) is 11.7. The summed E-state index contributed by atoms with van der Waals surface area (Å²) in [4.78, 5) is 21.9. The number of nitro benzene ring substituents is 1. The molecule has 0 atom stereocenters. The Balaban J connectivity index is 3.58. The van der Waals surface area contributed by atoms with Crippen LogP contribution in [0.5, 0.6) is 0 Å². The van der Waals surface area contributed by atoms with E-state index in [1.54, 1.807) is 0 Å². The molecule has 7 nitrogen and oxygen atoms in total. The summed E-state index contributed by atoms with van der Waals surface area (Å²) in [5, 5.41) is 20.3. The van der Waals surface area contributed by atoms with Gasteiger partial charge in [-0.3, -0.25) is 15.0 Å². The topological polar surface area (TPSA) is 110 Å². The highest BCUT2D eigenvalue weighted by atomic mass is 19.4. The molecule has 1 aromatic rings. The monoisotopic (exact) mass is 321 g/mol. The molecule has 1 amide bonds. The molecule has 0 spiro atoms. The first-order valence-electron chi connectivity index (χ1n) is 6.00. The number of anilines is 1. The fourth-order valence-electron chi connectivity index (χ4n) is 1.81. The fourth-order valence-corrected chi connectivity index (χ4v) is 1.81. The Kier molecular flexibility index (Phi) is 4.66. The van der Waals surface area contributed by atoms with E-state index in [0.717, 1.165) is 6.07 Å². The molecule has 1 aromatic carbocycles. The average Bonchev–Trinajstić information content (AvgIpc) is 2.36. The van der Waals surface area contributed by atoms with E-state index < -0.39 is 39.7 Å². The van der Waals surface area contributed by atoms with Gasteiger partial charge in [-0.1, -0.05) is 0 Å². The van der Waals surface area contributed by atoms with Gasteiger partial charge >= 0.3 is 12.3 Å². The molecule has 0 saturated heterocycles. The van der Waals surface area contributed by atoms with E-state index in [-0.39, 0.29) is 6.54 Å². The average molecular weight is 321 g/mol. The SMILES string of the molecule is CC(C)(CN)N(C(=O)O)c1ccc(C(F)(F)F)cc1[N+](=O)[O-]. The van der Waals surface area contributed by atoms with Gasteiger partial charge < -0.3 is 10.8 Å². The molecular formula is C12H14F3N3O4. The normalized spacial score (nSPS) is 12.1. The lowest BCUT2D eigenvalue weighted by atomic mass is 10.0. The number of amides is 1. The molecule has 1 rings (SSSR count). The van der Waals surface area contributed by atoms with Crippen molar-refractivity contribution in [1.29, 1.82) is 0 Å². The summed E-state index contributed by atoms with van der Waals surface area (Å²) in [6, 6.07) is 1.65. The van der Waals surface area contributed by atoms with Gasteiger partial charge in [0, 0.05) is 12.6 Å². The molecule has 0 aliphatic rings. The van der Waals surface area contributed by atoms with Gasteiger partial charge in [-0.2, -0.15) is 13.2 Å². The molecule has 0 fully saturated rings. The van der Waals surface area contributed by atoms with Gasteiger partial charge in [0.25, 0.3) is 5.69 Å². The summed E-state index contributed by atoms with van der Waals surface area (Å²) in [5.74, 6) is 0. The van der Waals surface area contributed by atoms with Crippen LogP contribution in [0.4, 0.5) is 29.3 Å². The predicted octanol–water partition coefficient (Wildman–Crippen LogP) is 2.84. The lowest BCUT2D eigenvalue weighted by Gasteiger charge is -2.35. The van der Waals surface area contributed by atoms with Gasteiger partial charge in [0.15, 0.2) is 0 Å². The first kappa shape index (κ1) is 17.7. The Morgan fingerprint density at radius 1 is 1.41 bits per heavy atom. The van der Waals surface area contributed by atoms with Crippen LogP contribution in [-0.4, -0.2) is 28.2 Å². The van der Waals surface area contributed by atoms with Crippen LogP contribution in [-0.2, 0) is 6.18 Å². The van der Waals surface area contributed by atoms with Crippen molar-refractivity contribution in [1.82, 2.24) is 0 Å². The van der Waals surface area contributed by atoms with Gasteiger partial charge in [-0.25, -0.2) is 4.79 Å². The lowest BCUT2D eigenvalue weighted by Crippen LogP contribution is -2.52. The van der Waals surface area contributed by atoms with Gasteiger partial charge in [-0.15, -0.1) is 0 Å². The molecular weight excluding hydrogens is 307 g/mol. The summed E-state index contributed by atoms with van der Waals surface area (Å²) < 4.78 is 38.0. The maximum absolute atomic E-state index is 12.7. The number of hydrogen-bond acceptors (Lipinski definition) is 4. The number of nitrogens with zero attached hydrogens (tertiary/aromatic N) is 2. The molecule has 0 unspecified atom stereocenters. The number of nitrogens with two attached hydrogens (primary N) is 1. The molecule has 0 radical (unpaired) electrons. The minimum Gasteiger partial charge on any atom is -0.465 e. The number of alkyl halides is 3. The summed E-state index contributed by atoms with van der Waals surface area (Å²) in [7, 11) is 0. The van der Waals surface area contributed by atoms with Crippen molar-refractivity contribution in [3.8, 4) is 0 Å². The third-order valence-corrected chi connectivity index (χ3v) is 3.04. The molecule has 22 heavy (non-hydrogen) atoms. The van der Waals surface area contributed by atoms with E-state index in [9.17, 15) is 33.2 Å². The number of hydrogen-bond donors (Lipinski definition) is 2. The smallest absolute Gasteiger partial charge is 0.416 e. The van der Waals surface area contributed by atoms with E-state index in [4.69, 9.17) is 5.73 Å². The molecule has 0 saturated carbocycles. The number of benzene rings is 1. The lowest BCUT2D eigenvalue weighted by molar-refractivity contribution is -0.384. The van der Waals surface area contributed by atoms with Crippen LogP contribution in [0.3, 0.4) is 0 Å². The maximum atomic E-state index is 12.7. The molecule has 3 N–H and O–H groups in total. The van der Waals surface area contributed by atoms with Crippen molar-refractivity contribution in [2.24, 2.45) is 5.73 Å². The Morgan fingerprint density at radius 3 is 2.32 bits per heavy atom. The van der Waals surface area contributed by atoms with Crippen molar-refractivity contribution < 1.29 is 28.0 Å². The quantitative estimate of drug-likeness (QED) is 0.654. The highest BCUT2D eigenvalue weighted by Crippen LogP contribution is 2.38. The second-order valence-electron chi connectivity index (χ2n) is 5.09. The summed E-state index contributed by atoms with van der Waals surface area (Å²) in [6.45, 7) is 2.63. The van der Waals surface area contributed by atoms with Gasteiger partial charge in [0.05, 0.1) is 16.0 Å². The minimum absolute atomic E-state index is 0.183. The molecule has 0 bridgehead atoms. The Bertz CT molecular complexity index is 602. The van der Waals surface area contributed by atoms with E-state index in [1.807, 2.05) is 0 Å². The molecule has 0 aliphatic heterocycles. The third-order valence-electron chi connectivity index (χ3n) is 3.04. The molecule has 10 heteroatoms. The zero-order chi connectivity index (χ0) is 17.3. The Labute approximate surface area is 123 Å². The number of carbonyl (C=O) groups is 1. The van der Waals surface area contributed by atoms with Crippen LogP contribution in [0.25, 0.3) is 0 Å². The largest absolute Gasteiger partial charge is 0.465 e. The predicted molar refractivity (Wildman–Crippen MR) is 71.7 cm³/mol. The Hall–Kier alpha value is -2.36. The minimum atomic E-state index is -4.78. The second-order valence-corrected chi connectivity index (χ2v) is 5.09. The maximum Gasteiger partial charge on any atom is 0.416 e. The zero-order valence-electron chi connectivity index (χ0n) is 11.7. The van der Waals surface area contributed by atoms with Gasteiger partial charge in [0.1, 0.15) is 5.69 Å². The standard InChI is InChI=1S/C12H14F3N3O4/c1-11(2,6-16)17(10(19)20)8-4-3-7(12(13,14)15)5-9(8)18(21)22/h3-5H,6,16H2,1-2H3,(H,19,20). The first-order chi connectivity index (χ1) is 9.91. The van der Waals surface area contributed by atoms with Gasteiger partial charge in [-0.05, 0) is 26.0 Å². The van der Waals surface area contributed by atoms with Crippen molar-refractivity contribution in [2.45, 2.75) is 25.6 Å².